The Morgan fingerprint density at radius 2 is 1.77 bits per heavy atom. The van der Waals surface area contributed by atoms with Crippen molar-refractivity contribution in [3.05, 3.63) is 35.9 Å². The van der Waals surface area contributed by atoms with Crippen LogP contribution in [-0.4, -0.2) is 18.4 Å². The van der Waals surface area contributed by atoms with Gasteiger partial charge in [0.15, 0.2) is 0 Å². The SMILES string of the molecule is O=C(CCNNC(=O)C1CCCCC1)NCc1ccccc1. The molecule has 1 aromatic rings. The Morgan fingerprint density at radius 3 is 2.50 bits per heavy atom. The second-order valence-corrected chi connectivity index (χ2v) is 5.76. The molecule has 5 heteroatoms. The van der Waals surface area contributed by atoms with Crippen LogP contribution in [0.5, 0.6) is 0 Å². The van der Waals surface area contributed by atoms with Crippen molar-refractivity contribution in [1.29, 1.82) is 0 Å². The summed E-state index contributed by atoms with van der Waals surface area (Å²) in [5, 5.41) is 2.86. The fraction of sp³-hybridized carbons (Fsp3) is 0.529. The monoisotopic (exact) mass is 303 g/mol. The van der Waals surface area contributed by atoms with Gasteiger partial charge in [0, 0.05) is 25.4 Å². The summed E-state index contributed by atoms with van der Waals surface area (Å²) < 4.78 is 0. The number of hydrogen-bond acceptors (Lipinski definition) is 3. The van der Waals surface area contributed by atoms with Crippen LogP contribution < -0.4 is 16.2 Å². The largest absolute Gasteiger partial charge is 0.352 e. The standard InChI is InChI=1S/C17H25N3O2/c21-16(18-13-14-7-3-1-4-8-14)11-12-19-20-17(22)15-9-5-2-6-10-15/h1,3-4,7-8,15,19H,2,5-6,9-13H2,(H,18,21)(H,20,22). The minimum Gasteiger partial charge on any atom is -0.352 e. The lowest BCUT2D eigenvalue weighted by Crippen LogP contribution is -2.43. The van der Waals surface area contributed by atoms with E-state index in [0.29, 0.717) is 19.5 Å². The third-order valence-electron chi connectivity index (χ3n) is 4.00. The Labute approximate surface area is 131 Å². The van der Waals surface area contributed by atoms with E-state index in [-0.39, 0.29) is 17.7 Å². The van der Waals surface area contributed by atoms with Crippen LogP contribution in [-0.2, 0) is 16.1 Å². The molecule has 5 nitrogen and oxygen atoms in total. The molecule has 1 aromatic carbocycles. The number of amides is 2. The maximum atomic E-state index is 11.9. The molecule has 0 radical (unpaired) electrons. The van der Waals surface area contributed by atoms with Crippen molar-refractivity contribution in [2.24, 2.45) is 5.92 Å². The molecule has 0 aromatic heterocycles. The molecule has 120 valence electrons. The summed E-state index contributed by atoms with van der Waals surface area (Å²) in [6.45, 7) is 0.979. The number of rotatable bonds is 7. The van der Waals surface area contributed by atoms with E-state index < -0.39 is 0 Å². The lowest BCUT2D eigenvalue weighted by Gasteiger charge is -2.20. The number of benzene rings is 1. The summed E-state index contributed by atoms with van der Waals surface area (Å²) in [5.41, 5.74) is 6.64. The average molecular weight is 303 g/mol. The summed E-state index contributed by atoms with van der Waals surface area (Å²) in [5.74, 6) is 0.167. The van der Waals surface area contributed by atoms with Gasteiger partial charge in [-0.25, -0.2) is 5.43 Å². The number of carbonyl (C=O) groups excluding carboxylic acids is 2. The molecule has 1 aliphatic carbocycles. The Morgan fingerprint density at radius 1 is 1.05 bits per heavy atom. The molecule has 0 atom stereocenters. The normalized spacial score (nSPS) is 15.3. The molecule has 0 spiro atoms. The fourth-order valence-electron chi connectivity index (χ4n) is 2.68. The van der Waals surface area contributed by atoms with Gasteiger partial charge in [-0.15, -0.1) is 0 Å². The summed E-state index contributed by atoms with van der Waals surface area (Å²) in [6.07, 6.45) is 5.81. The Balaban J connectivity index is 1.54. The maximum absolute atomic E-state index is 11.9. The van der Waals surface area contributed by atoms with Crippen LogP contribution in [0.3, 0.4) is 0 Å². The molecule has 1 aliphatic rings. The Hall–Kier alpha value is -1.88. The topological polar surface area (TPSA) is 70.2 Å². The third-order valence-corrected chi connectivity index (χ3v) is 4.00. The van der Waals surface area contributed by atoms with Gasteiger partial charge in [0.2, 0.25) is 11.8 Å². The molecule has 0 saturated heterocycles. The minimum absolute atomic E-state index is 0.0248. The molecule has 22 heavy (non-hydrogen) atoms. The molecule has 2 amide bonds. The van der Waals surface area contributed by atoms with Gasteiger partial charge in [0.05, 0.1) is 0 Å². The molecule has 2 rings (SSSR count). The van der Waals surface area contributed by atoms with E-state index >= 15 is 0 Å². The molecular weight excluding hydrogens is 278 g/mol. The van der Waals surface area contributed by atoms with Gasteiger partial charge in [0.25, 0.3) is 0 Å². The van der Waals surface area contributed by atoms with Crippen LogP contribution >= 0.6 is 0 Å². The summed E-state index contributed by atoms with van der Waals surface area (Å²) >= 11 is 0. The molecular formula is C17H25N3O2. The number of hydrazine groups is 1. The Bertz CT molecular complexity index is 470. The predicted octanol–water partition coefficient (Wildman–Crippen LogP) is 1.89. The van der Waals surface area contributed by atoms with E-state index in [1.54, 1.807) is 0 Å². The number of carbonyl (C=O) groups is 2. The second-order valence-electron chi connectivity index (χ2n) is 5.76. The maximum Gasteiger partial charge on any atom is 0.237 e. The molecule has 1 fully saturated rings. The van der Waals surface area contributed by atoms with Crippen LogP contribution in [0, 0.1) is 5.92 Å². The summed E-state index contributed by atoms with van der Waals surface area (Å²) in [4.78, 5) is 23.6. The fourth-order valence-corrected chi connectivity index (χ4v) is 2.68. The Kier molecular flexibility index (Phi) is 6.90. The van der Waals surface area contributed by atoms with Crippen LogP contribution in [0.15, 0.2) is 30.3 Å². The second kappa shape index (κ2) is 9.20. The van der Waals surface area contributed by atoms with Crippen molar-refractivity contribution < 1.29 is 9.59 Å². The third kappa shape index (κ3) is 5.85. The highest BCUT2D eigenvalue weighted by atomic mass is 16.2. The highest BCUT2D eigenvalue weighted by Crippen LogP contribution is 2.23. The van der Waals surface area contributed by atoms with Crippen LogP contribution in [0.25, 0.3) is 0 Å². The average Bonchev–Trinajstić information content (AvgIpc) is 2.58. The first-order chi connectivity index (χ1) is 10.8. The lowest BCUT2D eigenvalue weighted by atomic mass is 9.89. The molecule has 0 unspecified atom stereocenters. The first kappa shape index (κ1) is 16.5. The van der Waals surface area contributed by atoms with E-state index in [1.807, 2.05) is 30.3 Å². The molecule has 1 saturated carbocycles. The van der Waals surface area contributed by atoms with Crippen molar-refractivity contribution in [1.82, 2.24) is 16.2 Å². The lowest BCUT2D eigenvalue weighted by molar-refractivity contribution is -0.127. The van der Waals surface area contributed by atoms with Gasteiger partial charge in [-0.1, -0.05) is 49.6 Å². The zero-order chi connectivity index (χ0) is 15.6. The first-order valence-corrected chi connectivity index (χ1v) is 8.09. The molecule has 0 bridgehead atoms. The van der Waals surface area contributed by atoms with Gasteiger partial charge in [-0.05, 0) is 18.4 Å². The van der Waals surface area contributed by atoms with Gasteiger partial charge in [-0.2, -0.15) is 0 Å². The van der Waals surface area contributed by atoms with Gasteiger partial charge in [0.1, 0.15) is 0 Å². The van der Waals surface area contributed by atoms with Gasteiger partial charge < -0.3 is 5.32 Å². The van der Waals surface area contributed by atoms with E-state index in [2.05, 4.69) is 16.2 Å². The summed E-state index contributed by atoms with van der Waals surface area (Å²) in [6, 6.07) is 9.80. The highest BCUT2D eigenvalue weighted by molar-refractivity contribution is 5.78. The van der Waals surface area contributed by atoms with Crippen molar-refractivity contribution >= 4 is 11.8 Å². The van der Waals surface area contributed by atoms with E-state index in [9.17, 15) is 9.59 Å². The predicted molar refractivity (Wildman–Crippen MR) is 85.6 cm³/mol. The van der Waals surface area contributed by atoms with Crippen molar-refractivity contribution in [3.63, 3.8) is 0 Å². The van der Waals surface area contributed by atoms with Gasteiger partial charge >= 0.3 is 0 Å². The van der Waals surface area contributed by atoms with Crippen LogP contribution in [0.1, 0.15) is 44.1 Å². The zero-order valence-electron chi connectivity index (χ0n) is 12.9. The molecule has 3 N–H and O–H groups in total. The number of hydrogen-bond donors (Lipinski definition) is 3. The van der Waals surface area contributed by atoms with E-state index in [0.717, 1.165) is 31.2 Å². The first-order valence-electron chi connectivity index (χ1n) is 8.09. The molecule has 0 aliphatic heterocycles. The number of nitrogens with one attached hydrogen (secondary N) is 3. The zero-order valence-corrected chi connectivity index (χ0v) is 12.9. The van der Waals surface area contributed by atoms with Crippen molar-refractivity contribution in [2.45, 2.75) is 45.1 Å². The van der Waals surface area contributed by atoms with E-state index in [1.165, 1.54) is 6.42 Å². The highest BCUT2D eigenvalue weighted by Gasteiger charge is 2.20. The molecule has 0 heterocycles. The van der Waals surface area contributed by atoms with Crippen LogP contribution in [0.2, 0.25) is 0 Å². The minimum atomic E-state index is -0.0248. The quantitative estimate of drug-likeness (QED) is 0.532. The van der Waals surface area contributed by atoms with Crippen molar-refractivity contribution in [2.75, 3.05) is 6.54 Å². The summed E-state index contributed by atoms with van der Waals surface area (Å²) in [7, 11) is 0. The van der Waals surface area contributed by atoms with Crippen LogP contribution in [0.4, 0.5) is 0 Å². The van der Waals surface area contributed by atoms with Gasteiger partial charge in [-0.3, -0.25) is 15.0 Å². The van der Waals surface area contributed by atoms with E-state index in [4.69, 9.17) is 0 Å². The van der Waals surface area contributed by atoms with Crippen molar-refractivity contribution in [3.8, 4) is 0 Å². The smallest absolute Gasteiger partial charge is 0.237 e.